The van der Waals surface area contributed by atoms with E-state index in [-0.39, 0.29) is 12.1 Å². The highest BCUT2D eigenvalue weighted by Gasteiger charge is 2.48. The van der Waals surface area contributed by atoms with E-state index in [4.69, 9.17) is 5.73 Å². The van der Waals surface area contributed by atoms with Crippen molar-refractivity contribution in [3.05, 3.63) is 35.4 Å². The van der Waals surface area contributed by atoms with Gasteiger partial charge in [-0.1, -0.05) is 44.2 Å². The molecule has 0 bridgehead atoms. The van der Waals surface area contributed by atoms with Crippen LogP contribution in [0.4, 0.5) is 8.78 Å². The topological polar surface area (TPSA) is 46.2 Å². The molecular formula is C17H25F2NO. The van der Waals surface area contributed by atoms with Gasteiger partial charge in [0.2, 0.25) is 0 Å². The predicted molar refractivity (Wildman–Crippen MR) is 79.7 cm³/mol. The van der Waals surface area contributed by atoms with Gasteiger partial charge < -0.3 is 10.8 Å². The van der Waals surface area contributed by atoms with E-state index in [1.54, 1.807) is 6.92 Å². The lowest BCUT2D eigenvalue weighted by atomic mass is 9.63. The molecule has 1 aromatic carbocycles. The van der Waals surface area contributed by atoms with E-state index in [0.717, 1.165) is 44.6 Å². The molecule has 1 aliphatic carbocycles. The highest BCUT2D eigenvalue weighted by molar-refractivity contribution is 5.28. The van der Waals surface area contributed by atoms with E-state index >= 15 is 0 Å². The van der Waals surface area contributed by atoms with Crippen LogP contribution in [-0.4, -0.2) is 11.7 Å². The summed E-state index contributed by atoms with van der Waals surface area (Å²) in [7, 11) is 0. The minimum absolute atomic E-state index is 0.0218. The van der Waals surface area contributed by atoms with E-state index in [2.05, 4.69) is 0 Å². The summed E-state index contributed by atoms with van der Waals surface area (Å²) in [6.07, 6.45) is 6.80. The monoisotopic (exact) mass is 297 g/mol. The molecule has 118 valence electrons. The van der Waals surface area contributed by atoms with Crippen LogP contribution in [0.25, 0.3) is 0 Å². The first-order valence-corrected chi connectivity index (χ1v) is 7.81. The molecule has 2 rings (SSSR count). The first-order valence-electron chi connectivity index (χ1n) is 7.81. The zero-order valence-electron chi connectivity index (χ0n) is 12.7. The zero-order chi connectivity index (χ0) is 15.5. The van der Waals surface area contributed by atoms with E-state index in [9.17, 15) is 13.9 Å². The molecule has 1 unspecified atom stereocenters. The first-order chi connectivity index (χ1) is 9.94. The number of halogens is 2. The third-order valence-corrected chi connectivity index (χ3v) is 5.21. The van der Waals surface area contributed by atoms with Gasteiger partial charge in [0.25, 0.3) is 0 Å². The Bertz CT molecular complexity index is 480. The normalized spacial score (nSPS) is 22.1. The average Bonchev–Trinajstić information content (AvgIpc) is 2.41. The van der Waals surface area contributed by atoms with E-state index < -0.39 is 22.7 Å². The summed E-state index contributed by atoms with van der Waals surface area (Å²) in [5.74, 6) is -1.89. The van der Waals surface area contributed by atoms with Crippen molar-refractivity contribution in [2.45, 2.75) is 57.5 Å². The Morgan fingerprint density at radius 1 is 1.14 bits per heavy atom. The summed E-state index contributed by atoms with van der Waals surface area (Å²) in [6.45, 7) is 1.86. The van der Waals surface area contributed by atoms with Crippen LogP contribution in [0.2, 0.25) is 0 Å². The highest BCUT2D eigenvalue weighted by atomic mass is 19.2. The van der Waals surface area contributed by atoms with E-state index in [0.29, 0.717) is 0 Å². The number of hydrogen-bond donors (Lipinski definition) is 2. The Kier molecular flexibility index (Phi) is 4.99. The molecule has 0 aromatic heterocycles. The maximum Gasteiger partial charge on any atom is 0.164 e. The highest BCUT2D eigenvalue weighted by Crippen LogP contribution is 2.48. The fraction of sp³-hybridized carbons (Fsp3) is 0.647. The van der Waals surface area contributed by atoms with Crippen molar-refractivity contribution < 1.29 is 13.9 Å². The van der Waals surface area contributed by atoms with Crippen LogP contribution < -0.4 is 5.73 Å². The van der Waals surface area contributed by atoms with Gasteiger partial charge in [-0.05, 0) is 25.8 Å². The van der Waals surface area contributed by atoms with Crippen LogP contribution in [0.15, 0.2) is 18.2 Å². The number of nitrogens with two attached hydrogens (primary N) is 1. The third kappa shape index (κ3) is 2.97. The number of aliphatic hydroxyl groups is 1. The fourth-order valence-corrected chi connectivity index (χ4v) is 3.64. The van der Waals surface area contributed by atoms with Crippen molar-refractivity contribution in [3.63, 3.8) is 0 Å². The molecule has 0 heterocycles. The molecule has 1 saturated carbocycles. The minimum atomic E-state index is -1.47. The molecule has 2 nitrogen and oxygen atoms in total. The number of hydrogen-bond acceptors (Lipinski definition) is 2. The molecule has 0 radical (unpaired) electrons. The van der Waals surface area contributed by atoms with Gasteiger partial charge in [-0.15, -0.1) is 0 Å². The second kappa shape index (κ2) is 6.41. The number of rotatable bonds is 3. The summed E-state index contributed by atoms with van der Waals surface area (Å²) in [5, 5.41) is 11.1. The van der Waals surface area contributed by atoms with Crippen LogP contribution in [0.5, 0.6) is 0 Å². The molecule has 21 heavy (non-hydrogen) atoms. The van der Waals surface area contributed by atoms with Crippen LogP contribution >= 0.6 is 0 Å². The molecule has 1 aromatic rings. The fourth-order valence-electron chi connectivity index (χ4n) is 3.64. The second-order valence-corrected chi connectivity index (χ2v) is 6.43. The van der Waals surface area contributed by atoms with Gasteiger partial charge in [0.15, 0.2) is 11.6 Å². The molecule has 3 N–H and O–H groups in total. The Morgan fingerprint density at radius 2 is 1.71 bits per heavy atom. The van der Waals surface area contributed by atoms with Gasteiger partial charge in [-0.2, -0.15) is 0 Å². The molecule has 0 amide bonds. The van der Waals surface area contributed by atoms with Crippen LogP contribution in [0, 0.1) is 17.0 Å². The molecule has 0 spiro atoms. The van der Waals surface area contributed by atoms with Crippen LogP contribution in [0.1, 0.15) is 57.4 Å². The van der Waals surface area contributed by atoms with Gasteiger partial charge in [0.1, 0.15) is 0 Å². The third-order valence-electron chi connectivity index (χ3n) is 5.21. The Labute approximate surface area is 125 Å². The molecule has 4 heteroatoms. The van der Waals surface area contributed by atoms with Gasteiger partial charge in [-0.25, -0.2) is 8.78 Å². The van der Waals surface area contributed by atoms with Crippen molar-refractivity contribution in [2.75, 3.05) is 6.54 Å². The quantitative estimate of drug-likeness (QED) is 0.890. The Balaban J connectivity index is 2.44. The standard InChI is InChI=1S/C17H25F2NO/c1-16(21,13-8-7-9-14(18)15(13)19)17(12-20)10-5-3-2-4-6-11-17/h7-9,21H,2-6,10-12,20H2,1H3. The smallest absolute Gasteiger partial charge is 0.164 e. The lowest BCUT2D eigenvalue weighted by Crippen LogP contribution is -2.49. The predicted octanol–water partition coefficient (Wildman–Crippen LogP) is 3.86. The van der Waals surface area contributed by atoms with Gasteiger partial charge in [-0.3, -0.25) is 0 Å². The summed E-state index contributed by atoms with van der Waals surface area (Å²) < 4.78 is 27.7. The largest absolute Gasteiger partial charge is 0.385 e. The Morgan fingerprint density at radius 3 is 2.29 bits per heavy atom. The average molecular weight is 297 g/mol. The van der Waals surface area contributed by atoms with Crippen molar-refractivity contribution >= 4 is 0 Å². The minimum Gasteiger partial charge on any atom is -0.385 e. The second-order valence-electron chi connectivity index (χ2n) is 6.43. The summed E-state index contributed by atoms with van der Waals surface area (Å²) in [6, 6.07) is 3.98. The zero-order valence-corrected chi connectivity index (χ0v) is 12.7. The summed E-state index contributed by atoms with van der Waals surface area (Å²) in [4.78, 5) is 0. The maximum absolute atomic E-state index is 14.2. The van der Waals surface area contributed by atoms with Crippen molar-refractivity contribution in [1.82, 2.24) is 0 Å². The molecule has 0 saturated heterocycles. The van der Waals surface area contributed by atoms with Crippen LogP contribution in [-0.2, 0) is 5.60 Å². The van der Waals surface area contributed by atoms with Gasteiger partial charge >= 0.3 is 0 Å². The maximum atomic E-state index is 14.2. The summed E-state index contributed by atoms with van der Waals surface area (Å²) in [5.41, 5.74) is 3.95. The van der Waals surface area contributed by atoms with Crippen molar-refractivity contribution in [2.24, 2.45) is 11.1 Å². The first kappa shape index (κ1) is 16.4. The number of benzene rings is 1. The van der Waals surface area contributed by atoms with E-state index in [1.807, 2.05) is 0 Å². The molecule has 1 aliphatic rings. The van der Waals surface area contributed by atoms with Crippen LogP contribution in [0.3, 0.4) is 0 Å². The molecule has 1 fully saturated rings. The Hall–Kier alpha value is -1.00. The molecular weight excluding hydrogens is 272 g/mol. The van der Waals surface area contributed by atoms with Gasteiger partial charge in [0, 0.05) is 17.5 Å². The van der Waals surface area contributed by atoms with Gasteiger partial charge in [0.05, 0.1) is 5.60 Å². The molecule has 1 atom stereocenters. The molecule has 0 aliphatic heterocycles. The van der Waals surface area contributed by atoms with Crippen molar-refractivity contribution in [1.29, 1.82) is 0 Å². The van der Waals surface area contributed by atoms with E-state index in [1.165, 1.54) is 18.6 Å². The lowest BCUT2D eigenvalue weighted by Gasteiger charge is -2.46. The lowest BCUT2D eigenvalue weighted by molar-refractivity contribution is -0.0889. The summed E-state index contributed by atoms with van der Waals surface area (Å²) >= 11 is 0. The van der Waals surface area contributed by atoms with Crippen molar-refractivity contribution in [3.8, 4) is 0 Å². The SMILES string of the molecule is CC(O)(c1cccc(F)c1F)C1(CN)CCCCCCC1.